The lowest BCUT2D eigenvalue weighted by molar-refractivity contribution is 0.100. The fourth-order valence-electron chi connectivity index (χ4n) is 2.17. The van der Waals surface area contributed by atoms with E-state index in [0.29, 0.717) is 16.6 Å². The molecule has 1 atom stereocenters. The van der Waals surface area contributed by atoms with Crippen molar-refractivity contribution in [3.05, 3.63) is 47.5 Å². The second kappa shape index (κ2) is 7.22. The number of rotatable bonds is 3. The van der Waals surface area contributed by atoms with Gasteiger partial charge in [-0.15, -0.1) is 0 Å². The Morgan fingerprint density at radius 1 is 1.29 bits per heavy atom. The summed E-state index contributed by atoms with van der Waals surface area (Å²) in [5, 5.41) is 9.44. The molecule has 0 heterocycles. The van der Waals surface area contributed by atoms with Crippen LogP contribution in [0.25, 0.3) is 0 Å². The van der Waals surface area contributed by atoms with Gasteiger partial charge in [-0.3, -0.25) is 15.2 Å². The SMILES string of the molecule is CC(=NC1CC=CCC1)SC(=N)c1ccc(C(N)=O)cc1. The van der Waals surface area contributed by atoms with Crippen LogP contribution < -0.4 is 5.73 Å². The lowest BCUT2D eigenvalue weighted by atomic mass is 10.0. The Morgan fingerprint density at radius 3 is 2.52 bits per heavy atom. The monoisotopic (exact) mass is 301 g/mol. The van der Waals surface area contributed by atoms with E-state index in [1.54, 1.807) is 24.3 Å². The number of hydrogen-bond acceptors (Lipinski definition) is 4. The largest absolute Gasteiger partial charge is 0.366 e. The number of carbonyl (C=O) groups is 1. The summed E-state index contributed by atoms with van der Waals surface area (Å²) in [4.78, 5) is 15.7. The number of allylic oxidation sites excluding steroid dienone is 1. The molecule has 1 aliphatic carbocycles. The summed E-state index contributed by atoms with van der Waals surface area (Å²) < 4.78 is 0. The minimum Gasteiger partial charge on any atom is -0.366 e. The normalized spacial score (nSPS) is 18.5. The molecule has 2 rings (SSSR count). The summed E-state index contributed by atoms with van der Waals surface area (Å²) in [6, 6.07) is 7.11. The van der Waals surface area contributed by atoms with Crippen molar-refractivity contribution >= 4 is 27.8 Å². The Morgan fingerprint density at radius 2 is 1.95 bits per heavy atom. The first-order valence-corrected chi connectivity index (χ1v) is 7.74. The molecule has 1 aromatic carbocycles. The van der Waals surface area contributed by atoms with Gasteiger partial charge in [-0.2, -0.15) is 0 Å². The molecule has 21 heavy (non-hydrogen) atoms. The Labute approximate surface area is 129 Å². The maximum atomic E-state index is 11.0. The number of nitrogens with one attached hydrogen (secondary N) is 1. The van der Waals surface area contributed by atoms with Crippen LogP contribution in [0.5, 0.6) is 0 Å². The quantitative estimate of drug-likeness (QED) is 0.510. The Bertz CT molecular complexity index is 590. The number of amides is 1. The summed E-state index contributed by atoms with van der Waals surface area (Å²) >= 11 is 1.35. The lowest BCUT2D eigenvalue weighted by Gasteiger charge is -2.14. The first-order valence-electron chi connectivity index (χ1n) is 6.92. The van der Waals surface area contributed by atoms with Crippen LogP contribution in [0.15, 0.2) is 41.4 Å². The molecule has 0 radical (unpaired) electrons. The molecule has 0 saturated carbocycles. The number of hydrogen-bond donors (Lipinski definition) is 2. The van der Waals surface area contributed by atoms with E-state index in [9.17, 15) is 4.79 Å². The average molecular weight is 301 g/mol. The maximum absolute atomic E-state index is 11.0. The van der Waals surface area contributed by atoms with Crippen molar-refractivity contribution in [2.75, 3.05) is 0 Å². The second-order valence-corrected chi connectivity index (χ2v) is 6.16. The fourth-order valence-corrected chi connectivity index (χ4v) is 2.92. The second-order valence-electron chi connectivity index (χ2n) is 4.96. The van der Waals surface area contributed by atoms with Crippen LogP contribution in [0.2, 0.25) is 0 Å². The van der Waals surface area contributed by atoms with E-state index in [1.807, 2.05) is 6.92 Å². The highest BCUT2D eigenvalue weighted by Crippen LogP contribution is 2.19. The number of nitrogens with two attached hydrogens (primary N) is 1. The first-order chi connectivity index (χ1) is 10.1. The Kier molecular flexibility index (Phi) is 5.33. The van der Waals surface area contributed by atoms with Crippen molar-refractivity contribution in [1.82, 2.24) is 0 Å². The van der Waals surface area contributed by atoms with Gasteiger partial charge in [-0.25, -0.2) is 0 Å². The molecule has 0 bridgehead atoms. The molecule has 0 fully saturated rings. The van der Waals surface area contributed by atoms with Crippen LogP contribution in [0.4, 0.5) is 0 Å². The molecule has 1 aromatic rings. The maximum Gasteiger partial charge on any atom is 0.248 e. The van der Waals surface area contributed by atoms with Gasteiger partial charge < -0.3 is 5.73 Å². The van der Waals surface area contributed by atoms with Crippen molar-refractivity contribution < 1.29 is 4.79 Å². The molecule has 1 aliphatic rings. The van der Waals surface area contributed by atoms with Crippen molar-refractivity contribution in [2.24, 2.45) is 10.7 Å². The predicted octanol–water partition coefficient (Wildman–Crippen LogP) is 3.37. The van der Waals surface area contributed by atoms with Gasteiger partial charge >= 0.3 is 0 Å². The van der Waals surface area contributed by atoms with E-state index in [0.717, 1.165) is 29.9 Å². The minimum atomic E-state index is -0.455. The molecule has 4 nitrogen and oxygen atoms in total. The lowest BCUT2D eigenvalue weighted by Crippen LogP contribution is -2.11. The molecule has 0 aromatic heterocycles. The van der Waals surface area contributed by atoms with Crippen molar-refractivity contribution in [3.8, 4) is 0 Å². The van der Waals surface area contributed by atoms with Gasteiger partial charge in [0.15, 0.2) is 0 Å². The van der Waals surface area contributed by atoms with E-state index in [4.69, 9.17) is 11.1 Å². The average Bonchev–Trinajstić information content (AvgIpc) is 2.48. The van der Waals surface area contributed by atoms with Crippen LogP contribution in [0.1, 0.15) is 42.1 Å². The highest BCUT2D eigenvalue weighted by molar-refractivity contribution is 8.26. The Hall–Kier alpha value is -1.88. The molecule has 3 N–H and O–H groups in total. The smallest absolute Gasteiger partial charge is 0.248 e. The first kappa shape index (κ1) is 15.5. The molecule has 0 aliphatic heterocycles. The van der Waals surface area contributed by atoms with E-state index >= 15 is 0 Å². The van der Waals surface area contributed by atoms with Crippen molar-refractivity contribution in [3.63, 3.8) is 0 Å². The topological polar surface area (TPSA) is 79.3 Å². The zero-order valence-electron chi connectivity index (χ0n) is 12.0. The van der Waals surface area contributed by atoms with Gasteiger partial charge in [0.25, 0.3) is 0 Å². The minimum absolute atomic E-state index is 0.340. The number of carbonyl (C=O) groups excluding carboxylic acids is 1. The number of primary amides is 1. The van der Waals surface area contributed by atoms with Crippen LogP contribution in [-0.4, -0.2) is 22.0 Å². The number of aliphatic imine (C=N–C) groups is 1. The summed E-state index contributed by atoms with van der Waals surface area (Å²) in [5.41, 5.74) is 6.42. The van der Waals surface area contributed by atoms with Gasteiger partial charge in [-0.05, 0) is 38.3 Å². The summed E-state index contributed by atoms with van der Waals surface area (Å²) in [7, 11) is 0. The zero-order valence-corrected chi connectivity index (χ0v) is 12.8. The van der Waals surface area contributed by atoms with E-state index in [2.05, 4.69) is 17.1 Å². The highest BCUT2D eigenvalue weighted by atomic mass is 32.2. The summed E-state index contributed by atoms with van der Waals surface area (Å²) in [6.07, 6.45) is 7.51. The number of thioether (sulfide) groups is 1. The summed E-state index contributed by atoms with van der Waals surface area (Å²) in [5.74, 6) is -0.455. The molecule has 1 amide bonds. The number of nitrogens with zero attached hydrogens (tertiary/aromatic N) is 1. The Balaban J connectivity index is 1.98. The van der Waals surface area contributed by atoms with Crippen molar-refractivity contribution in [1.29, 1.82) is 5.41 Å². The molecule has 5 heteroatoms. The third-order valence-corrected chi connectivity index (χ3v) is 4.13. The molecule has 110 valence electrons. The molecular weight excluding hydrogens is 282 g/mol. The van der Waals surface area contributed by atoms with Gasteiger partial charge in [0.2, 0.25) is 5.91 Å². The van der Waals surface area contributed by atoms with Gasteiger partial charge in [0.1, 0.15) is 5.04 Å². The molecule has 0 saturated heterocycles. The van der Waals surface area contributed by atoms with Crippen LogP contribution >= 0.6 is 11.8 Å². The van der Waals surface area contributed by atoms with Crippen LogP contribution in [0.3, 0.4) is 0 Å². The summed E-state index contributed by atoms with van der Waals surface area (Å²) in [6.45, 7) is 1.94. The predicted molar refractivity (Wildman–Crippen MR) is 89.3 cm³/mol. The molecule has 0 spiro atoms. The van der Waals surface area contributed by atoms with Crippen molar-refractivity contribution in [2.45, 2.75) is 32.2 Å². The van der Waals surface area contributed by atoms with E-state index in [1.165, 1.54) is 11.8 Å². The third kappa shape index (κ3) is 4.56. The van der Waals surface area contributed by atoms with E-state index < -0.39 is 5.91 Å². The van der Waals surface area contributed by atoms with Gasteiger partial charge in [0, 0.05) is 11.1 Å². The van der Waals surface area contributed by atoms with Crippen LogP contribution in [-0.2, 0) is 0 Å². The van der Waals surface area contributed by atoms with Crippen LogP contribution in [0, 0.1) is 5.41 Å². The zero-order chi connectivity index (χ0) is 15.2. The highest BCUT2D eigenvalue weighted by Gasteiger charge is 2.10. The van der Waals surface area contributed by atoms with Gasteiger partial charge in [-0.1, -0.05) is 36.0 Å². The molecule has 1 unspecified atom stereocenters. The molecular formula is C16H19N3OS. The fraction of sp³-hybridized carbons (Fsp3) is 0.312. The van der Waals surface area contributed by atoms with Gasteiger partial charge in [0.05, 0.1) is 11.1 Å². The van der Waals surface area contributed by atoms with E-state index in [-0.39, 0.29) is 0 Å². The number of benzene rings is 1. The standard InChI is InChI=1S/C16H19N3OS/c1-11(19-14-5-3-2-4-6-14)21-16(18)13-9-7-12(8-10-13)15(17)20/h2-3,7-10,14,18H,4-6H2,1H3,(H2,17,20). The third-order valence-electron chi connectivity index (χ3n) is 3.29.